The zero-order valence-corrected chi connectivity index (χ0v) is 14.4. The molecular weight excluding hydrogens is 308 g/mol. The molecule has 1 aromatic heterocycles. The molecule has 0 saturated carbocycles. The number of carbonyl (C=O) groups excluding carboxylic acids is 1. The average molecular weight is 330 g/mol. The fraction of sp³-hybridized carbons (Fsp3) is 0.227. The number of hydrogen-bond donors (Lipinski definition) is 0. The van der Waals surface area contributed by atoms with Crippen LogP contribution in [0.15, 0.2) is 73.1 Å². The summed E-state index contributed by atoms with van der Waals surface area (Å²) in [5, 5.41) is 0. The van der Waals surface area contributed by atoms with Crippen LogP contribution in [0.4, 0.5) is 5.69 Å². The Labute approximate surface area is 148 Å². The minimum absolute atomic E-state index is 0.0233. The van der Waals surface area contributed by atoms with Crippen molar-refractivity contribution in [2.24, 2.45) is 0 Å². The highest BCUT2D eigenvalue weighted by Crippen LogP contribution is 2.31. The van der Waals surface area contributed by atoms with E-state index >= 15 is 0 Å². The van der Waals surface area contributed by atoms with Crippen molar-refractivity contribution in [1.82, 2.24) is 4.57 Å². The van der Waals surface area contributed by atoms with E-state index in [-0.39, 0.29) is 11.9 Å². The van der Waals surface area contributed by atoms with Crippen LogP contribution in [0.5, 0.6) is 0 Å². The third kappa shape index (κ3) is 3.10. The molecule has 0 N–H and O–H groups in total. The van der Waals surface area contributed by atoms with Gasteiger partial charge in [0, 0.05) is 24.6 Å². The number of anilines is 1. The van der Waals surface area contributed by atoms with Gasteiger partial charge in [0.15, 0.2) is 0 Å². The summed E-state index contributed by atoms with van der Waals surface area (Å²) in [7, 11) is 0. The van der Waals surface area contributed by atoms with Crippen LogP contribution in [0.2, 0.25) is 0 Å². The first-order chi connectivity index (χ1) is 12.2. The average Bonchev–Trinajstić information content (AvgIpc) is 3.29. The lowest BCUT2D eigenvalue weighted by atomic mass is 10.0. The van der Waals surface area contributed by atoms with Crippen LogP contribution in [0.3, 0.4) is 0 Å². The molecule has 3 heteroatoms. The summed E-state index contributed by atoms with van der Waals surface area (Å²) in [4.78, 5) is 15.0. The van der Waals surface area contributed by atoms with Crippen molar-refractivity contribution in [2.45, 2.75) is 25.8 Å². The number of nitrogens with zero attached hydrogens (tertiary/aromatic N) is 2. The van der Waals surface area contributed by atoms with Gasteiger partial charge in [-0.3, -0.25) is 4.79 Å². The maximum Gasteiger partial charge on any atom is 0.229 e. The Morgan fingerprint density at radius 2 is 1.84 bits per heavy atom. The Bertz CT molecular complexity index is 883. The molecule has 2 aromatic carbocycles. The molecule has 0 radical (unpaired) electrons. The number of amides is 1. The van der Waals surface area contributed by atoms with E-state index in [1.165, 1.54) is 16.7 Å². The number of rotatable bonds is 4. The molecule has 0 saturated heterocycles. The van der Waals surface area contributed by atoms with Crippen LogP contribution >= 0.6 is 0 Å². The molecule has 2 heterocycles. The molecule has 25 heavy (non-hydrogen) atoms. The van der Waals surface area contributed by atoms with Gasteiger partial charge in [-0.05, 0) is 42.7 Å². The van der Waals surface area contributed by atoms with E-state index in [2.05, 4.69) is 47.9 Å². The van der Waals surface area contributed by atoms with Gasteiger partial charge in [-0.15, -0.1) is 0 Å². The molecule has 1 atom stereocenters. The first kappa shape index (κ1) is 15.7. The van der Waals surface area contributed by atoms with E-state index in [0.29, 0.717) is 6.42 Å². The molecule has 3 aromatic rings. The molecule has 126 valence electrons. The lowest BCUT2D eigenvalue weighted by Gasteiger charge is -2.24. The smallest absolute Gasteiger partial charge is 0.229 e. The van der Waals surface area contributed by atoms with Gasteiger partial charge in [0.1, 0.15) is 0 Å². The number of aryl methyl sites for hydroxylation is 1. The second-order valence-electron chi connectivity index (χ2n) is 6.69. The van der Waals surface area contributed by atoms with Gasteiger partial charge in [0.05, 0.1) is 12.5 Å². The number of hydrogen-bond acceptors (Lipinski definition) is 1. The highest BCUT2D eigenvalue weighted by atomic mass is 16.2. The van der Waals surface area contributed by atoms with Crippen LogP contribution < -0.4 is 4.90 Å². The molecular formula is C22H22N2O. The zero-order valence-electron chi connectivity index (χ0n) is 14.4. The van der Waals surface area contributed by atoms with Crippen LogP contribution in [0.25, 0.3) is 0 Å². The number of carbonyl (C=O) groups is 1. The molecule has 0 spiro atoms. The Hall–Kier alpha value is -2.81. The molecule has 1 aliphatic rings. The summed E-state index contributed by atoms with van der Waals surface area (Å²) < 4.78 is 2.13. The van der Waals surface area contributed by atoms with E-state index in [1.807, 2.05) is 41.6 Å². The molecule has 4 rings (SSSR count). The monoisotopic (exact) mass is 330 g/mol. The maximum absolute atomic E-state index is 13.1. The Kier molecular flexibility index (Phi) is 4.14. The summed E-state index contributed by atoms with van der Waals surface area (Å²) in [5.74, 6) is 0.185. The predicted molar refractivity (Wildman–Crippen MR) is 101 cm³/mol. The van der Waals surface area contributed by atoms with E-state index in [9.17, 15) is 4.79 Å². The topological polar surface area (TPSA) is 25.2 Å². The van der Waals surface area contributed by atoms with Crippen molar-refractivity contribution in [2.75, 3.05) is 11.4 Å². The number of aromatic nitrogens is 1. The van der Waals surface area contributed by atoms with Crippen molar-refractivity contribution < 1.29 is 4.79 Å². The first-order valence-corrected chi connectivity index (χ1v) is 8.79. The van der Waals surface area contributed by atoms with Crippen LogP contribution in [-0.2, 0) is 11.2 Å². The van der Waals surface area contributed by atoms with Crippen molar-refractivity contribution in [1.29, 1.82) is 0 Å². The minimum atomic E-state index is 0.0233. The second-order valence-corrected chi connectivity index (χ2v) is 6.69. The van der Waals surface area contributed by atoms with Crippen LogP contribution in [-0.4, -0.2) is 17.0 Å². The summed E-state index contributed by atoms with van der Waals surface area (Å²) in [6, 6.07) is 20.7. The van der Waals surface area contributed by atoms with Crippen molar-refractivity contribution >= 4 is 11.6 Å². The lowest BCUT2D eigenvalue weighted by Crippen LogP contribution is -2.31. The molecule has 0 fully saturated rings. The van der Waals surface area contributed by atoms with E-state index in [4.69, 9.17) is 0 Å². The SMILES string of the molecule is Cc1cccc(C(CC(=O)N2CCc3ccccc32)n2cccc2)c1. The highest BCUT2D eigenvalue weighted by molar-refractivity contribution is 5.95. The minimum Gasteiger partial charge on any atom is -0.346 e. The summed E-state index contributed by atoms with van der Waals surface area (Å²) in [6.45, 7) is 2.87. The maximum atomic E-state index is 13.1. The summed E-state index contributed by atoms with van der Waals surface area (Å²) in [6.07, 6.45) is 5.49. The van der Waals surface area contributed by atoms with Gasteiger partial charge in [0.2, 0.25) is 5.91 Å². The van der Waals surface area contributed by atoms with Gasteiger partial charge in [0.25, 0.3) is 0 Å². The van der Waals surface area contributed by atoms with Gasteiger partial charge < -0.3 is 9.47 Å². The summed E-state index contributed by atoms with van der Waals surface area (Å²) >= 11 is 0. The largest absolute Gasteiger partial charge is 0.346 e. The quantitative estimate of drug-likeness (QED) is 0.697. The Balaban J connectivity index is 1.62. The second kappa shape index (κ2) is 6.60. The third-order valence-corrected chi connectivity index (χ3v) is 4.97. The number of fused-ring (bicyclic) bond motifs is 1. The number of para-hydroxylation sites is 1. The van der Waals surface area contributed by atoms with Crippen molar-refractivity contribution in [3.63, 3.8) is 0 Å². The van der Waals surface area contributed by atoms with Gasteiger partial charge >= 0.3 is 0 Å². The molecule has 0 aliphatic carbocycles. The van der Waals surface area contributed by atoms with Crippen LogP contribution in [0.1, 0.15) is 29.2 Å². The van der Waals surface area contributed by atoms with Gasteiger partial charge in [-0.25, -0.2) is 0 Å². The van der Waals surface area contributed by atoms with Crippen molar-refractivity contribution in [3.8, 4) is 0 Å². The fourth-order valence-corrected chi connectivity index (χ4v) is 3.70. The van der Waals surface area contributed by atoms with E-state index < -0.39 is 0 Å². The molecule has 1 unspecified atom stereocenters. The number of benzene rings is 2. The summed E-state index contributed by atoms with van der Waals surface area (Å²) in [5.41, 5.74) is 4.73. The zero-order chi connectivity index (χ0) is 17.2. The van der Waals surface area contributed by atoms with Gasteiger partial charge in [-0.1, -0.05) is 48.0 Å². The van der Waals surface area contributed by atoms with E-state index in [0.717, 1.165) is 18.7 Å². The van der Waals surface area contributed by atoms with Gasteiger partial charge in [-0.2, -0.15) is 0 Å². The van der Waals surface area contributed by atoms with Crippen LogP contribution in [0, 0.1) is 6.92 Å². The third-order valence-electron chi connectivity index (χ3n) is 4.97. The fourth-order valence-electron chi connectivity index (χ4n) is 3.70. The normalized spacial score (nSPS) is 14.4. The standard InChI is InChI=1S/C22H22N2O/c1-17-7-6-9-19(15-17)21(23-12-4-5-13-23)16-22(25)24-14-11-18-8-2-3-10-20(18)24/h2-10,12-13,15,21H,11,14,16H2,1H3. The van der Waals surface area contributed by atoms with E-state index in [1.54, 1.807) is 0 Å². The lowest BCUT2D eigenvalue weighted by molar-refractivity contribution is -0.119. The molecule has 0 bridgehead atoms. The Morgan fingerprint density at radius 3 is 2.64 bits per heavy atom. The molecule has 1 amide bonds. The predicted octanol–water partition coefficient (Wildman–Crippen LogP) is 4.37. The Morgan fingerprint density at radius 1 is 1.04 bits per heavy atom. The highest BCUT2D eigenvalue weighted by Gasteiger charge is 2.27. The first-order valence-electron chi connectivity index (χ1n) is 8.79. The van der Waals surface area contributed by atoms with Crippen molar-refractivity contribution in [3.05, 3.63) is 89.7 Å². The molecule has 3 nitrogen and oxygen atoms in total. The molecule has 1 aliphatic heterocycles.